The summed E-state index contributed by atoms with van der Waals surface area (Å²) < 4.78 is 0. The van der Waals surface area contributed by atoms with E-state index in [4.69, 9.17) is 28.9 Å². The SMILES string of the molecule is NCC1(C(=O)Nc2cccc(Cl)c2Cl)CCCCC1. The van der Waals surface area contributed by atoms with E-state index in [1.54, 1.807) is 18.2 Å². The number of amides is 1. The summed E-state index contributed by atoms with van der Waals surface area (Å²) in [6.45, 7) is 0.372. The molecule has 0 unspecified atom stereocenters. The van der Waals surface area contributed by atoms with Crippen LogP contribution in [0.25, 0.3) is 0 Å². The van der Waals surface area contributed by atoms with Gasteiger partial charge in [-0.05, 0) is 25.0 Å². The molecular formula is C14H18Cl2N2O. The molecule has 0 heterocycles. The fraction of sp³-hybridized carbons (Fsp3) is 0.500. The molecule has 1 fully saturated rings. The molecule has 2 rings (SSSR count). The summed E-state index contributed by atoms with van der Waals surface area (Å²) in [6, 6.07) is 5.21. The van der Waals surface area contributed by atoms with Crippen LogP contribution in [0.1, 0.15) is 32.1 Å². The van der Waals surface area contributed by atoms with Gasteiger partial charge in [-0.1, -0.05) is 48.5 Å². The molecule has 0 radical (unpaired) electrons. The zero-order valence-corrected chi connectivity index (χ0v) is 12.2. The summed E-state index contributed by atoms with van der Waals surface area (Å²) >= 11 is 12.0. The van der Waals surface area contributed by atoms with Gasteiger partial charge in [0.15, 0.2) is 0 Å². The van der Waals surface area contributed by atoms with Crippen molar-refractivity contribution in [3.8, 4) is 0 Å². The second kappa shape index (κ2) is 6.12. The topological polar surface area (TPSA) is 55.1 Å². The van der Waals surface area contributed by atoms with Gasteiger partial charge in [0, 0.05) is 6.54 Å². The minimum atomic E-state index is -0.454. The van der Waals surface area contributed by atoms with E-state index in [0.29, 0.717) is 22.3 Å². The molecule has 0 saturated heterocycles. The minimum Gasteiger partial charge on any atom is -0.329 e. The number of carbonyl (C=O) groups is 1. The Labute approximate surface area is 123 Å². The lowest BCUT2D eigenvalue weighted by Crippen LogP contribution is -2.43. The van der Waals surface area contributed by atoms with E-state index in [2.05, 4.69) is 5.32 Å². The maximum atomic E-state index is 12.5. The molecule has 1 aromatic rings. The molecule has 104 valence electrons. The molecule has 0 spiro atoms. The van der Waals surface area contributed by atoms with Crippen LogP contribution in [0.5, 0.6) is 0 Å². The fourth-order valence-electron chi connectivity index (χ4n) is 2.61. The zero-order chi connectivity index (χ0) is 13.9. The third-order valence-electron chi connectivity index (χ3n) is 3.88. The fourth-order valence-corrected chi connectivity index (χ4v) is 2.96. The Morgan fingerprint density at radius 2 is 1.95 bits per heavy atom. The van der Waals surface area contributed by atoms with Gasteiger partial charge in [-0.2, -0.15) is 0 Å². The summed E-state index contributed by atoms with van der Waals surface area (Å²) in [5.41, 5.74) is 5.94. The number of benzene rings is 1. The van der Waals surface area contributed by atoms with Crippen LogP contribution in [0.3, 0.4) is 0 Å². The van der Waals surface area contributed by atoms with Crippen molar-refractivity contribution in [3.05, 3.63) is 28.2 Å². The molecule has 3 nitrogen and oxygen atoms in total. The molecule has 19 heavy (non-hydrogen) atoms. The summed E-state index contributed by atoms with van der Waals surface area (Å²) in [7, 11) is 0. The molecule has 0 aliphatic heterocycles. The lowest BCUT2D eigenvalue weighted by Gasteiger charge is -2.34. The monoisotopic (exact) mass is 300 g/mol. The minimum absolute atomic E-state index is 0.0427. The van der Waals surface area contributed by atoms with Crippen LogP contribution >= 0.6 is 23.2 Å². The van der Waals surface area contributed by atoms with Crippen molar-refractivity contribution >= 4 is 34.8 Å². The summed E-state index contributed by atoms with van der Waals surface area (Å²) in [5.74, 6) is -0.0427. The highest BCUT2D eigenvalue weighted by molar-refractivity contribution is 6.44. The Morgan fingerprint density at radius 3 is 2.58 bits per heavy atom. The molecule has 0 atom stereocenters. The zero-order valence-electron chi connectivity index (χ0n) is 10.7. The average Bonchev–Trinajstić information content (AvgIpc) is 2.44. The summed E-state index contributed by atoms with van der Waals surface area (Å²) in [5, 5.41) is 3.69. The van der Waals surface area contributed by atoms with Gasteiger partial charge in [0.1, 0.15) is 0 Å². The first-order valence-electron chi connectivity index (χ1n) is 6.55. The Kier molecular flexibility index (Phi) is 4.71. The van der Waals surface area contributed by atoms with Gasteiger partial charge in [-0.25, -0.2) is 0 Å². The van der Waals surface area contributed by atoms with Gasteiger partial charge in [-0.15, -0.1) is 0 Å². The van der Waals surface area contributed by atoms with Gasteiger partial charge in [0.05, 0.1) is 21.1 Å². The number of hydrogen-bond donors (Lipinski definition) is 2. The number of halogens is 2. The molecule has 1 aliphatic rings. The van der Waals surface area contributed by atoms with E-state index in [9.17, 15) is 4.79 Å². The predicted molar refractivity (Wildman–Crippen MR) is 79.7 cm³/mol. The molecule has 1 aromatic carbocycles. The van der Waals surface area contributed by atoms with Crippen LogP contribution in [-0.4, -0.2) is 12.5 Å². The molecular weight excluding hydrogens is 283 g/mol. The Bertz CT molecular complexity index is 471. The van der Waals surface area contributed by atoms with Crippen LogP contribution in [0.2, 0.25) is 10.0 Å². The van der Waals surface area contributed by atoms with Crippen molar-refractivity contribution in [1.82, 2.24) is 0 Å². The summed E-state index contributed by atoms with van der Waals surface area (Å²) in [4.78, 5) is 12.5. The first-order valence-corrected chi connectivity index (χ1v) is 7.30. The lowest BCUT2D eigenvalue weighted by molar-refractivity contribution is -0.126. The Balaban J connectivity index is 2.17. The first-order chi connectivity index (χ1) is 9.09. The number of nitrogens with one attached hydrogen (secondary N) is 1. The largest absolute Gasteiger partial charge is 0.329 e. The molecule has 1 amide bonds. The maximum absolute atomic E-state index is 12.5. The molecule has 1 saturated carbocycles. The molecule has 0 bridgehead atoms. The highest BCUT2D eigenvalue weighted by Gasteiger charge is 2.38. The van der Waals surface area contributed by atoms with Crippen molar-refractivity contribution < 1.29 is 4.79 Å². The van der Waals surface area contributed by atoms with Gasteiger partial charge in [0.25, 0.3) is 0 Å². The van der Waals surface area contributed by atoms with Crippen molar-refractivity contribution in [3.63, 3.8) is 0 Å². The van der Waals surface area contributed by atoms with Gasteiger partial charge < -0.3 is 11.1 Å². The van der Waals surface area contributed by atoms with Crippen LogP contribution in [0.15, 0.2) is 18.2 Å². The normalized spacial score (nSPS) is 18.1. The third-order valence-corrected chi connectivity index (χ3v) is 4.70. The summed E-state index contributed by atoms with van der Waals surface area (Å²) in [6.07, 6.45) is 4.95. The van der Waals surface area contributed by atoms with Crippen LogP contribution in [0.4, 0.5) is 5.69 Å². The quantitative estimate of drug-likeness (QED) is 0.891. The Hall–Kier alpha value is -0.770. The van der Waals surface area contributed by atoms with E-state index in [-0.39, 0.29) is 5.91 Å². The smallest absolute Gasteiger partial charge is 0.231 e. The van der Waals surface area contributed by atoms with Crippen LogP contribution < -0.4 is 11.1 Å². The van der Waals surface area contributed by atoms with E-state index in [0.717, 1.165) is 25.7 Å². The van der Waals surface area contributed by atoms with Gasteiger partial charge in [0.2, 0.25) is 5.91 Å². The number of hydrogen-bond acceptors (Lipinski definition) is 2. The van der Waals surface area contributed by atoms with Crippen LogP contribution in [0, 0.1) is 5.41 Å². The second-order valence-electron chi connectivity index (χ2n) is 5.10. The predicted octanol–water partition coefficient (Wildman–Crippen LogP) is 3.84. The van der Waals surface area contributed by atoms with E-state index in [1.807, 2.05) is 0 Å². The lowest BCUT2D eigenvalue weighted by atomic mass is 9.73. The van der Waals surface area contributed by atoms with Crippen molar-refractivity contribution in [2.24, 2.45) is 11.1 Å². The van der Waals surface area contributed by atoms with Gasteiger partial charge in [-0.3, -0.25) is 4.79 Å². The number of nitrogens with two attached hydrogens (primary N) is 1. The highest BCUT2D eigenvalue weighted by atomic mass is 35.5. The number of carbonyl (C=O) groups excluding carboxylic acids is 1. The van der Waals surface area contributed by atoms with Crippen molar-refractivity contribution in [2.75, 3.05) is 11.9 Å². The van der Waals surface area contributed by atoms with E-state index >= 15 is 0 Å². The van der Waals surface area contributed by atoms with E-state index in [1.165, 1.54) is 6.42 Å². The molecule has 3 N–H and O–H groups in total. The number of rotatable bonds is 3. The van der Waals surface area contributed by atoms with Crippen molar-refractivity contribution in [1.29, 1.82) is 0 Å². The van der Waals surface area contributed by atoms with Crippen LogP contribution in [-0.2, 0) is 4.79 Å². The third kappa shape index (κ3) is 3.04. The van der Waals surface area contributed by atoms with Crippen molar-refractivity contribution in [2.45, 2.75) is 32.1 Å². The molecule has 0 aromatic heterocycles. The maximum Gasteiger partial charge on any atom is 0.231 e. The highest BCUT2D eigenvalue weighted by Crippen LogP contribution is 2.37. The van der Waals surface area contributed by atoms with Gasteiger partial charge >= 0.3 is 0 Å². The Morgan fingerprint density at radius 1 is 1.26 bits per heavy atom. The average molecular weight is 301 g/mol. The second-order valence-corrected chi connectivity index (χ2v) is 5.89. The molecule has 1 aliphatic carbocycles. The first kappa shape index (κ1) is 14.6. The van der Waals surface area contributed by atoms with E-state index < -0.39 is 5.41 Å². The molecule has 5 heteroatoms. The standard InChI is InChI=1S/C14H18Cl2N2O/c15-10-5-4-6-11(12(10)16)18-13(19)14(9-17)7-2-1-3-8-14/h4-6H,1-3,7-9,17H2,(H,18,19). The number of anilines is 1.